The van der Waals surface area contributed by atoms with Gasteiger partial charge in [0.1, 0.15) is 4.83 Å². The van der Waals surface area contributed by atoms with Crippen LogP contribution in [0, 0.1) is 5.92 Å². The van der Waals surface area contributed by atoms with E-state index in [9.17, 15) is 0 Å². The van der Waals surface area contributed by atoms with Crippen molar-refractivity contribution in [3.05, 3.63) is 21.7 Å². The quantitative estimate of drug-likeness (QED) is 0.777. The minimum Gasteiger partial charge on any atom is -0.398 e. The van der Waals surface area contributed by atoms with Crippen molar-refractivity contribution < 1.29 is 0 Å². The van der Waals surface area contributed by atoms with Gasteiger partial charge >= 0.3 is 0 Å². The Morgan fingerprint density at radius 3 is 2.90 bits per heavy atom. The van der Waals surface area contributed by atoms with E-state index in [0.29, 0.717) is 5.92 Å². The van der Waals surface area contributed by atoms with Crippen molar-refractivity contribution in [2.45, 2.75) is 58.3 Å². The van der Waals surface area contributed by atoms with E-state index in [4.69, 9.17) is 10.7 Å². The molecule has 0 amide bonds. The lowest BCUT2D eigenvalue weighted by atomic mass is 9.83. The minimum atomic E-state index is 0.649. The van der Waals surface area contributed by atoms with Crippen molar-refractivity contribution in [2.75, 3.05) is 5.73 Å². The lowest BCUT2D eigenvalue weighted by molar-refractivity contribution is 0.496. The number of anilines is 1. The lowest BCUT2D eigenvalue weighted by Crippen LogP contribution is -2.15. The minimum absolute atomic E-state index is 0.649. The molecule has 0 spiro atoms. The van der Waals surface area contributed by atoms with Crippen LogP contribution in [0.15, 0.2) is 0 Å². The van der Waals surface area contributed by atoms with Crippen molar-refractivity contribution in [2.24, 2.45) is 5.92 Å². The summed E-state index contributed by atoms with van der Waals surface area (Å²) in [6.45, 7) is 4.68. The standard InChI is InChI=1S/C17H22N2S/c1-9-6-7-12-11(8-9)16(18)15-14-10(2)4-3-5-13(14)20-17(15)19-12/h9-10H,3-8H2,1-2H3,(H2,18,19). The molecular formula is C17H22N2S. The molecule has 0 fully saturated rings. The average Bonchev–Trinajstić information content (AvgIpc) is 2.80. The summed E-state index contributed by atoms with van der Waals surface area (Å²) in [5.74, 6) is 1.39. The van der Waals surface area contributed by atoms with Gasteiger partial charge < -0.3 is 5.73 Å². The predicted molar refractivity (Wildman–Crippen MR) is 86.6 cm³/mol. The SMILES string of the molecule is CC1CCc2nc3sc4c(c3c(N)c2C1)C(C)CCC4. The van der Waals surface area contributed by atoms with Gasteiger partial charge in [-0.3, -0.25) is 0 Å². The third-order valence-corrected chi connectivity index (χ3v) is 6.30. The molecular weight excluding hydrogens is 264 g/mol. The molecule has 0 bridgehead atoms. The van der Waals surface area contributed by atoms with E-state index in [2.05, 4.69) is 13.8 Å². The molecule has 2 atom stereocenters. The summed E-state index contributed by atoms with van der Waals surface area (Å²) in [5, 5.41) is 1.31. The highest BCUT2D eigenvalue weighted by Gasteiger charge is 2.27. The van der Waals surface area contributed by atoms with Gasteiger partial charge in [0.2, 0.25) is 0 Å². The summed E-state index contributed by atoms with van der Waals surface area (Å²) >= 11 is 1.90. The van der Waals surface area contributed by atoms with Crippen molar-refractivity contribution in [1.29, 1.82) is 0 Å². The number of pyridine rings is 1. The first kappa shape index (κ1) is 12.6. The fourth-order valence-electron chi connectivity index (χ4n) is 4.00. The summed E-state index contributed by atoms with van der Waals surface area (Å²) < 4.78 is 0. The van der Waals surface area contributed by atoms with Crippen molar-refractivity contribution in [3.63, 3.8) is 0 Å². The van der Waals surface area contributed by atoms with Gasteiger partial charge in [0.25, 0.3) is 0 Å². The predicted octanol–water partition coefficient (Wildman–Crippen LogP) is 4.44. The van der Waals surface area contributed by atoms with Gasteiger partial charge in [-0.15, -0.1) is 11.3 Å². The van der Waals surface area contributed by atoms with Crippen LogP contribution < -0.4 is 5.73 Å². The molecule has 2 aromatic heterocycles. The largest absolute Gasteiger partial charge is 0.398 e. The Kier molecular flexibility index (Phi) is 2.81. The number of rotatable bonds is 0. The molecule has 2 N–H and O–H groups in total. The van der Waals surface area contributed by atoms with Gasteiger partial charge in [0, 0.05) is 21.6 Å². The molecule has 2 nitrogen and oxygen atoms in total. The fourth-order valence-corrected chi connectivity index (χ4v) is 5.37. The van der Waals surface area contributed by atoms with Crippen LogP contribution >= 0.6 is 11.3 Å². The van der Waals surface area contributed by atoms with Gasteiger partial charge in [0.15, 0.2) is 0 Å². The summed E-state index contributed by atoms with van der Waals surface area (Å²) in [5.41, 5.74) is 11.8. The highest BCUT2D eigenvalue weighted by Crippen LogP contribution is 2.45. The maximum Gasteiger partial charge on any atom is 0.126 e. The van der Waals surface area contributed by atoms with Gasteiger partial charge in [-0.1, -0.05) is 13.8 Å². The van der Waals surface area contributed by atoms with Gasteiger partial charge in [-0.25, -0.2) is 4.98 Å². The highest BCUT2D eigenvalue weighted by molar-refractivity contribution is 7.19. The van der Waals surface area contributed by atoms with E-state index < -0.39 is 0 Å². The number of nitrogens with zero attached hydrogens (tertiary/aromatic N) is 1. The third kappa shape index (κ3) is 1.72. The van der Waals surface area contributed by atoms with Crippen molar-refractivity contribution in [1.82, 2.24) is 4.98 Å². The molecule has 0 radical (unpaired) electrons. The van der Waals surface area contributed by atoms with E-state index in [1.54, 1.807) is 4.88 Å². The van der Waals surface area contributed by atoms with Gasteiger partial charge in [-0.05, 0) is 61.5 Å². The summed E-state index contributed by atoms with van der Waals surface area (Å²) in [4.78, 5) is 7.74. The highest BCUT2D eigenvalue weighted by atomic mass is 32.1. The van der Waals surface area contributed by atoms with Crippen LogP contribution in [-0.2, 0) is 19.3 Å². The van der Waals surface area contributed by atoms with E-state index in [1.807, 2.05) is 11.3 Å². The van der Waals surface area contributed by atoms with Crippen LogP contribution in [0.25, 0.3) is 10.2 Å². The molecule has 106 valence electrons. The number of fused-ring (bicyclic) bond motifs is 4. The van der Waals surface area contributed by atoms with Gasteiger partial charge in [-0.2, -0.15) is 0 Å². The number of aromatic nitrogens is 1. The fraction of sp³-hybridized carbons (Fsp3) is 0.588. The topological polar surface area (TPSA) is 38.9 Å². The van der Waals surface area contributed by atoms with Crippen LogP contribution in [-0.4, -0.2) is 4.98 Å². The molecule has 2 unspecified atom stereocenters. The third-order valence-electron chi connectivity index (χ3n) is 5.14. The first-order valence-corrected chi connectivity index (χ1v) is 8.69. The molecule has 0 aromatic carbocycles. The first-order chi connectivity index (χ1) is 9.65. The summed E-state index contributed by atoms with van der Waals surface area (Å²) in [7, 11) is 0. The normalized spacial score (nSPS) is 25.5. The number of hydrogen-bond donors (Lipinski definition) is 1. The van der Waals surface area contributed by atoms with Crippen LogP contribution in [0.3, 0.4) is 0 Å². The lowest BCUT2D eigenvalue weighted by Gasteiger charge is -2.24. The molecule has 4 rings (SSSR count). The Morgan fingerprint density at radius 1 is 1.20 bits per heavy atom. The number of thiophene rings is 1. The Labute approximate surface area is 124 Å². The monoisotopic (exact) mass is 286 g/mol. The first-order valence-electron chi connectivity index (χ1n) is 7.87. The van der Waals surface area contributed by atoms with Crippen LogP contribution in [0.4, 0.5) is 5.69 Å². The maximum atomic E-state index is 6.60. The maximum absolute atomic E-state index is 6.60. The zero-order valence-electron chi connectivity index (χ0n) is 12.3. The van der Waals surface area contributed by atoms with Crippen molar-refractivity contribution >= 4 is 27.2 Å². The molecule has 2 aromatic rings. The number of hydrogen-bond acceptors (Lipinski definition) is 3. The van der Waals surface area contributed by atoms with E-state index in [1.165, 1.54) is 52.7 Å². The molecule has 0 saturated heterocycles. The Balaban J connectivity index is 2.01. The Bertz CT molecular complexity index is 686. The Hall–Kier alpha value is -1.09. The molecule has 2 aliphatic rings. The van der Waals surface area contributed by atoms with Crippen LogP contribution in [0.2, 0.25) is 0 Å². The molecule has 20 heavy (non-hydrogen) atoms. The number of aryl methyl sites for hydroxylation is 2. The summed E-state index contributed by atoms with van der Waals surface area (Å²) in [6.07, 6.45) is 7.31. The van der Waals surface area contributed by atoms with E-state index in [0.717, 1.165) is 24.4 Å². The molecule has 0 aliphatic heterocycles. The molecule has 2 aliphatic carbocycles. The van der Waals surface area contributed by atoms with E-state index in [-0.39, 0.29) is 0 Å². The van der Waals surface area contributed by atoms with Crippen LogP contribution in [0.5, 0.6) is 0 Å². The molecule has 3 heteroatoms. The zero-order valence-corrected chi connectivity index (χ0v) is 13.1. The second-order valence-corrected chi connectivity index (χ2v) is 7.79. The number of nitrogens with two attached hydrogens (primary N) is 1. The Morgan fingerprint density at radius 2 is 2.05 bits per heavy atom. The van der Waals surface area contributed by atoms with Gasteiger partial charge in [0.05, 0.1) is 0 Å². The van der Waals surface area contributed by atoms with E-state index >= 15 is 0 Å². The second kappa shape index (κ2) is 4.45. The van der Waals surface area contributed by atoms with Crippen molar-refractivity contribution in [3.8, 4) is 0 Å². The zero-order chi connectivity index (χ0) is 13.9. The smallest absolute Gasteiger partial charge is 0.126 e. The average molecular weight is 286 g/mol. The second-order valence-electron chi connectivity index (χ2n) is 6.71. The molecule has 2 heterocycles. The summed E-state index contributed by atoms with van der Waals surface area (Å²) in [6, 6.07) is 0. The number of nitrogen functional groups attached to an aromatic ring is 1. The molecule has 0 saturated carbocycles. The van der Waals surface area contributed by atoms with Crippen LogP contribution in [0.1, 0.15) is 60.7 Å².